The predicted molar refractivity (Wildman–Crippen MR) is 58.0 cm³/mol. The molecule has 3 heteroatoms. The summed E-state index contributed by atoms with van der Waals surface area (Å²) in [6.07, 6.45) is 3.02. The molecule has 0 aromatic heterocycles. The number of ether oxygens (including phenoxy) is 1. The molecule has 0 amide bonds. The van der Waals surface area contributed by atoms with E-state index in [0.717, 1.165) is 36.6 Å². The number of aryl methyl sites for hydroxylation is 1. The van der Waals surface area contributed by atoms with Crippen molar-refractivity contribution in [3.8, 4) is 5.75 Å². The van der Waals surface area contributed by atoms with Crippen molar-refractivity contribution in [3.05, 3.63) is 28.3 Å². The van der Waals surface area contributed by atoms with Crippen molar-refractivity contribution in [1.82, 2.24) is 0 Å². The van der Waals surface area contributed by atoms with Gasteiger partial charge in [0.25, 0.3) is 0 Å². The second-order valence-electron chi connectivity index (χ2n) is 3.56. The van der Waals surface area contributed by atoms with Crippen molar-refractivity contribution in [3.63, 3.8) is 0 Å². The summed E-state index contributed by atoms with van der Waals surface area (Å²) in [5.41, 5.74) is 7.95. The summed E-state index contributed by atoms with van der Waals surface area (Å²) in [7, 11) is 0. The Balaban J connectivity index is 2.36. The fourth-order valence-corrected chi connectivity index (χ4v) is 2.12. The number of halogens is 1. The first-order valence-electron chi connectivity index (χ1n) is 4.95. The van der Waals surface area contributed by atoms with Crippen LogP contribution in [0.1, 0.15) is 17.5 Å². The zero-order valence-electron chi connectivity index (χ0n) is 8.05. The topological polar surface area (TPSA) is 35.2 Å². The summed E-state index contributed by atoms with van der Waals surface area (Å²) < 4.78 is 5.52. The lowest BCUT2D eigenvalue weighted by Gasteiger charge is -2.19. The summed E-state index contributed by atoms with van der Waals surface area (Å²) in [4.78, 5) is 0. The fourth-order valence-electron chi connectivity index (χ4n) is 1.81. The van der Waals surface area contributed by atoms with Gasteiger partial charge >= 0.3 is 0 Å². The molecule has 0 bridgehead atoms. The SMILES string of the molecule is NCCc1cc(Cl)c2c(c1)CCCO2. The first kappa shape index (κ1) is 9.81. The summed E-state index contributed by atoms with van der Waals surface area (Å²) in [6.45, 7) is 1.44. The van der Waals surface area contributed by atoms with E-state index in [4.69, 9.17) is 22.1 Å². The first-order valence-corrected chi connectivity index (χ1v) is 5.33. The molecule has 1 heterocycles. The molecule has 0 atom stereocenters. The number of benzene rings is 1. The zero-order valence-corrected chi connectivity index (χ0v) is 8.81. The van der Waals surface area contributed by atoms with Crippen molar-refractivity contribution < 1.29 is 4.74 Å². The lowest BCUT2D eigenvalue weighted by atomic mass is 10.0. The molecule has 0 saturated carbocycles. The highest BCUT2D eigenvalue weighted by Crippen LogP contribution is 2.33. The van der Waals surface area contributed by atoms with Gasteiger partial charge in [0.15, 0.2) is 0 Å². The van der Waals surface area contributed by atoms with Crippen molar-refractivity contribution in [2.24, 2.45) is 5.73 Å². The Bertz CT molecular complexity index is 338. The van der Waals surface area contributed by atoms with Crippen LogP contribution in [-0.2, 0) is 12.8 Å². The predicted octanol–water partition coefficient (Wildman–Crippen LogP) is 2.17. The molecule has 0 fully saturated rings. The molecule has 0 radical (unpaired) electrons. The van der Waals surface area contributed by atoms with Gasteiger partial charge in [0.2, 0.25) is 0 Å². The summed E-state index contributed by atoms with van der Waals surface area (Å²) in [6, 6.07) is 4.12. The van der Waals surface area contributed by atoms with Gasteiger partial charge in [-0.15, -0.1) is 0 Å². The summed E-state index contributed by atoms with van der Waals surface area (Å²) in [5.74, 6) is 0.874. The van der Waals surface area contributed by atoms with E-state index in [1.54, 1.807) is 0 Å². The second kappa shape index (κ2) is 4.20. The number of hydrogen-bond donors (Lipinski definition) is 1. The van der Waals surface area contributed by atoms with E-state index >= 15 is 0 Å². The molecule has 1 aliphatic rings. The Labute approximate surface area is 89.0 Å². The van der Waals surface area contributed by atoms with Crippen LogP contribution >= 0.6 is 11.6 Å². The smallest absolute Gasteiger partial charge is 0.141 e. The monoisotopic (exact) mass is 211 g/mol. The van der Waals surface area contributed by atoms with Crippen LogP contribution < -0.4 is 10.5 Å². The Kier molecular flexibility index (Phi) is 2.94. The minimum absolute atomic E-state index is 0.663. The van der Waals surface area contributed by atoms with Gasteiger partial charge in [-0.2, -0.15) is 0 Å². The standard InChI is InChI=1S/C11H14ClNO/c12-10-7-8(3-4-13)6-9-2-1-5-14-11(9)10/h6-7H,1-5,13H2. The van der Waals surface area contributed by atoms with Gasteiger partial charge in [-0.1, -0.05) is 17.7 Å². The number of hydrogen-bond acceptors (Lipinski definition) is 2. The number of rotatable bonds is 2. The third-order valence-corrected chi connectivity index (χ3v) is 2.73. The molecule has 2 N–H and O–H groups in total. The zero-order chi connectivity index (χ0) is 9.97. The van der Waals surface area contributed by atoms with Gasteiger partial charge in [0.05, 0.1) is 11.6 Å². The van der Waals surface area contributed by atoms with E-state index < -0.39 is 0 Å². The maximum atomic E-state index is 6.12. The lowest BCUT2D eigenvalue weighted by Crippen LogP contribution is -2.10. The van der Waals surface area contributed by atoms with Crippen LogP contribution in [0.5, 0.6) is 5.75 Å². The molecular formula is C11H14ClNO. The van der Waals surface area contributed by atoms with Crippen LogP contribution in [0.25, 0.3) is 0 Å². The van der Waals surface area contributed by atoms with Crippen molar-refractivity contribution in [1.29, 1.82) is 0 Å². The molecule has 2 nitrogen and oxygen atoms in total. The summed E-state index contributed by atoms with van der Waals surface area (Å²) in [5, 5.41) is 0.727. The fraction of sp³-hybridized carbons (Fsp3) is 0.455. The minimum Gasteiger partial charge on any atom is -0.492 e. The Hall–Kier alpha value is -0.730. The number of nitrogens with two attached hydrogens (primary N) is 1. The van der Waals surface area contributed by atoms with Crippen LogP contribution in [0.3, 0.4) is 0 Å². The average molecular weight is 212 g/mol. The van der Waals surface area contributed by atoms with E-state index in [-0.39, 0.29) is 0 Å². The highest BCUT2D eigenvalue weighted by atomic mass is 35.5. The largest absolute Gasteiger partial charge is 0.492 e. The Morgan fingerprint density at radius 3 is 3.07 bits per heavy atom. The van der Waals surface area contributed by atoms with E-state index in [2.05, 4.69) is 6.07 Å². The molecule has 1 aliphatic heterocycles. The molecule has 1 aromatic carbocycles. The Morgan fingerprint density at radius 1 is 1.43 bits per heavy atom. The quantitative estimate of drug-likeness (QED) is 0.814. The van der Waals surface area contributed by atoms with Crippen LogP contribution in [0.4, 0.5) is 0 Å². The highest BCUT2D eigenvalue weighted by Gasteiger charge is 2.14. The normalized spacial score (nSPS) is 14.7. The van der Waals surface area contributed by atoms with Crippen LogP contribution in [0.15, 0.2) is 12.1 Å². The van der Waals surface area contributed by atoms with E-state index in [1.807, 2.05) is 6.07 Å². The Morgan fingerprint density at radius 2 is 2.29 bits per heavy atom. The van der Waals surface area contributed by atoms with Gasteiger partial charge < -0.3 is 10.5 Å². The second-order valence-corrected chi connectivity index (χ2v) is 3.96. The molecule has 1 aromatic rings. The molecular weight excluding hydrogens is 198 g/mol. The van der Waals surface area contributed by atoms with E-state index in [9.17, 15) is 0 Å². The molecule has 76 valence electrons. The molecule has 14 heavy (non-hydrogen) atoms. The van der Waals surface area contributed by atoms with Crippen molar-refractivity contribution in [2.45, 2.75) is 19.3 Å². The molecule has 0 saturated heterocycles. The molecule has 2 rings (SSSR count). The maximum absolute atomic E-state index is 6.12. The maximum Gasteiger partial charge on any atom is 0.141 e. The van der Waals surface area contributed by atoms with Crippen LogP contribution in [0, 0.1) is 0 Å². The van der Waals surface area contributed by atoms with Gasteiger partial charge in [0.1, 0.15) is 5.75 Å². The van der Waals surface area contributed by atoms with Crippen molar-refractivity contribution >= 4 is 11.6 Å². The van der Waals surface area contributed by atoms with Gasteiger partial charge in [-0.3, -0.25) is 0 Å². The molecule has 0 aliphatic carbocycles. The third-order valence-electron chi connectivity index (χ3n) is 2.45. The minimum atomic E-state index is 0.663. The van der Waals surface area contributed by atoms with Crippen LogP contribution in [0.2, 0.25) is 5.02 Å². The molecule has 0 spiro atoms. The first-order chi connectivity index (χ1) is 6.81. The van der Waals surface area contributed by atoms with Gasteiger partial charge in [-0.05, 0) is 43.0 Å². The molecule has 0 unspecified atom stereocenters. The average Bonchev–Trinajstić information content (AvgIpc) is 2.18. The lowest BCUT2D eigenvalue weighted by molar-refractivity contribution is 0.288. The van der Waals surface area contributed by atoms with Gasteiger partial charge in [-0.25, -0.2) is 0 Å². The summed E-state index contributed by atoms with van der Waals surface area (Å²) >= 11 is 6.12. The van der Waals surface area contributed by atoms with Gasteiger partial charge in [0, 0.05) is 0 Å². The number of fused-ring (bicyclic) bond motifs is 1. The van der Waals surface area contributed by atoms with E-state index in [1.165, 1.54) is 11.1 Å². The third kappa shape index (κ3) is 1.86. The van der Waals surface area contributed by atoms with E-state index in [0.29, 0.717) is 6.54 Å². The highest BCUT2D eigenvalue weighted by molar-refractivity contribution is 6.32. The van der Waals surface area contributed by atoms with Crippen molar-refractivity contribution in [2.75, 3.05) is 13.2 Å². The van der Waals surface area contributed by atoms with Crippen LogP contribution in [-0.4, -0.2) is 13.2 Å².